The fraction of sp³-hybridized carbons (Fsp3) is 0.467. The van der Waals surface area contributed by atoms with E-state index in [1.807, 2.05) is 7.05 Å². The van der Waals surface area contributed by atoms with Crippen LogP contribution in [0.2, 0.25) is 0 Å². The molecule has 2 rings (SSSR count). The Balaban J connectivity index is 2.14. The molecule has 1 saturated heterocycles. The van der Waals surface area contributed by atoms with Crippen LogP contribution in [0.3, 0.4) is 0 Å². The summed E-state index contributed by atoms with van der Waals surface area (Å²) in [5.74, 6) is -1.04. The van der Waals surface area contributed by atoms with Gasteiger partial charge < -0.3 is 20.2 Å². The summed E-state index contributed by atoms with van der Waals surface area (Å²) in [4.78, 5) is 27.5. The zero-order valence-corrected chi connectivity index (χ0v) is 12.4. The highest BCUT2D eigenvalue weighted by atomic mass is 16.4. The van der Waals surface area contributed by atoms with Crippen LogP contribution < -0.4 is 5.32 Å². The van der Waals surface area contributed by atoms with Gasteiger partial charge in [0, 0.05) is 19.6 Å². The van der Waals surface area contributed by atoms with Crippen molar-refractivity contribution >= 4 is 17.7 Å². The molecule has 0 aliphatic carbocycles. The van der Waals surface area contributed by atoms with E-state index >= 15 is 0 Å². The largest absolute Gasteiger partial charge is 0.478 e. The van der Waals surface area contributed by atoms with Crippen molar-refractivity contribution in [1.82, 2.24) is 9.80 Å². The van der Waals surface area contributed by atoms with Crippen LogP contribution in [0.25, 0.3) is 0 Å². The SMILES string of the molecule is Cc1cccc(C(=O)O)c1NC(=O)N1CCCN(C)CC1. The number of hydrogen-bond acceptors (Lipinski definition) is 3. The van der Waals surface area contributed by atoms with Crippen LogP contribution in [0.15, 0.2) is 18.2 Å². The summed E-state index contributed by atoms with van der Waals surface area (Å²) >= 11 is 0. The average Bonchev–Trinajstić information content (AvgIpc) is 2.65. The third-order valence-corrected chi connectivity index (χ3v) is 3.74. The summed E-state index contributed by atoms with van der Waals surface area (Å²) in [5.41, 5.74) is 1.25. The van der Waals surface area contributed by atoms with E-state index in [0.29, 0.717) is 18.8 Å². The fourth-order valence-corrected chi connectivity index (χ4v) is 2.45. The van der Waals surface area contributed by atoms with Crippen molar-refractivity contribution < 1.29 is 14.7 Å². The second kappa shape index (κ2) is 6.58. The van der Waals surface area contributed by atoms with Gasteiger partial charge in [-0.2, -0.15) is 0 Å². The van der Waals surface area contributed by atoms with E-state index in [4.69, 9.17) is 0 Å². The summed E-state index contributed by atoms with van der Waals surface area (Å²) in [6, 6.07) is 4.73. The van der Waals surface area contributed by atoms with Crippen molar-refractivity contribution in [1.29, 1.82) is 0 Å². The van der Waals surface area contributed by atoms with E-state index < -0.39 is 5.97 Å². The molecule has 0 saturated carbocycles. The number of carboxylic acids is 1. The number of amides is 2. The first-order valence-corrected chi connectivity index (χ1v) is 7.06. The minimum absolute atomic E-state index is 0.121. The number of carboxylic acid groups (broad SMARTS) is 1. The Morgan fingerprint density at radius 1 is 1.19 bits per heavy atom. The Bertz CT molecular complexity index is 545. The lowest BCUT2D eigenvalue weighted by atomic mass is 10.1. The maximum Gasteiger partial charge on any atom is 0.337 e. The number of aromatic carboxylic acids is 1. The summed E-state index contributed by atoms with van der Waals surface area (Å²) in [6.07, 6.45) is 0.920. The Morgan fingerprint density at radius 3 is 2.67 bits per heavy atom. The summed E-state index contributed by atoms with van der Waals surface area (Å²) in [6.45, 7) is 4.92. The number of urea groups is 1. The predicted molar refractivity (Wildman–Crippen MR) is 80.8 cm³/mol. The van der Waals surface area contributed by atoms with Gasteiger partial charge in [-0.15, -0.1) is 0 Å². The van der Waals surface area contributed by atoms with Crippen LogP contribution in [0, 0.1) is 6.92 Å². The normalized spacial score (nSPS) is 16.4. The lowest BCUT2D eigenvalue weighted by Crippen LogP contribution is -2.38. The molecule has 2 N–H and O–H groups in total. The van der Waals surface area contributed by atoms with Crippen LogP contribution >= 0.6 is 0 Å². The molecule has 0 unspecified atom stereocenters. The van der Waals surface area contributed by atoms with Crippen molar-refractivity contribution in [2.75, 3.05) is 38.5 Å². The Kier molecular flexibility index (Phi) is 4.80. The zero-order valence-electron chi connectivity index (χ0n) is 12.4. The smallest absolute Gasteiger partial charge is 0.337 e. The Labute approximate surface area is 124 Å². The number of para-hydroxylation sites is 1. The molecule has 1 heterocycles. The molecule has 21 heavy (non-hydrogen) atoms. The molecule has 1 aliphatic heterocycles. The average molecular weight is 291 g/mol. The Hall–Kier alpha value is -2.08. The summed E-state index contributed by atoms with van der Waals surface area (Å²) in [5, 5.41) is 12.0. The number of nitrogens with zero attached hydrogens (tertiary/aromatic N) is 2. The second-order valence-corrected chi connectivity index (χ2v) is 5.38. The van der Waals surface area contributed by atoms with Gasteiger partial charge in [-0.05, 0) is 38.6 Å². The molecule has 0 radical (unpaired) electrons. The van der Waals surface area contributed by atoms with Gasteiger partial charge in [0.15, 0.2) is 0 Å². The molecular formula is C15H21N3O3. The van der Waals surface area contributed by atoms with E-state index in [1.165, 1.54) is 6.07 Å². The maximum absolute atomic E-state index is 12.4. The van der Waals surface area contributed by atoms with Gasteiger partial charge in [0.1, 0.15) is 0 Å². The maximum atomic E-state index is 12.4. The number of anilines is 1. The molecule has 1 aromatic rings. The van der Waals surface area contributed by atoms with Crippen molar-refractivity contribution in [2.45, 2.75) is 13.3 Å². The van der Waals surface area contributed by atoms with Gasteiger partial charge >= 0.3 is 12.0 Å². The first-order valence-electron chi connectivity index (χ1n) is 7.06. The molecule has 0 aromatic heterocycles. The van der Waals surface area contributed by atoms with Crippen LogP contribution in [0.5, 0.6) is 0 Å². The van der Waals surface area contributed by atoms with E-state index in [1.54, 1.807) is 24.0 Å². The number of nitrogens with one attached hydrogen (secondary N) is 1. The molecule has 114 valence electrons. The first-order chi connectivity index (χ1) is 9.99. The monoisotopic (exact) mass is 291 g/mol. The highest BCUT2D eigenvalue weighted by molar-refractivity contribution is 6.01. The number of rotatable bonds is 2. The van der Waals surface area contributed by atoms with Crippen LogP contribution in [-0.4, -0.2) is 60.1 Å². The number of carbonyl (C=O) groups is 2. The van der Waals surface area contributed by atoms with E-state index in [0.717, 1.165) is 25.1 Å². The third-order valence-electron chi connectivity index (χ3n) is 3.74. The summed E-state index contributed by atoms with van der Waals surface area (Å²) in [7, 11) is 2.03. The van der Waals surface area contributed by atoms with Gasteiger partial charge in [-0.1, -0.05) is 12.1 Å². The molecule has 0 atom stereocenters. The lowest BCUT2D eigenvalue weighted by Gasteiger charge is -2.22. The van der Waals surface area contributed by atoms with Gasteiger partial charge in [-0.25, -0.2) is 9.59 Å². The molecule has 0 bridgehead atoms. The van der Waals surface area contributed by atoms with Crippen molar-refractivity contribution in [3.05, 3.63) is 29.3 Å². The van der Waals surface area contributed by atoms with Crippen LogP contribution in [-0.2, 0) is 0 Å². The predicted octanol–water partition coefficient (Wildman–Crippen LogP) is 1.86. The first kappa shape index (κ1) is 15.3. The molecule has 1 fully saturated rings. The number of aryl methyl sites for hydroxylation is 1. The molecule has 1 aliphatic rings. The van der Waals surface area contributed by atoms with E-state index in [9.17, 15) is 14.7 Å². The molecular weight excluding hydrogens is 270 g/mol. The molecule has 6 nitrogen and oxygen atoms in total. The highest BCUT2D eigenvalue weighted by Gasteiger charge is 2.20. The van der Waals surface area contributed by atoms with Gasteiger partial charge in [0.25, 0.3) is 0 Å². The van der Waals surface area contributed by atoms with Gasteiger partial charge in [0.05, 0.1) is 11.3 Å². The van der Waals surface area contributed by atoms with Crippen molar-refractivity contribution in [3.8, 4) is 0 Å². The lowest BCUT2D eigenvalue weighted by molar-refractivity contribution is 0.0698. The van der Waals surface area contributed by atoms with Crippen LogP contribution in [0.4, 0.5) is 10.5 Å². The van der Waals surface area contributed by atoms with Crippen molar-refractivity contribution in [3.63, 3.8) is 0 Å². The number of benzene rings is 1. The van der Waals surface area contributed by atoms with Crippen molar-refractivity contribution in [2.24, 2.45) is 0 Å². The Morgan fingerprint density at radius 2 is 1.95 bits per heavy atom. The van der Waals surface area contributed by atoms with E-state index in [2.05, 4.69) is 10.2 Å². The second-order valence-electron chi connectivity index (χ2n) is 5.38. The number of carbonyl (C=O) groups excluding carboxylic acids is 1. The van der Waals surface area contributed by atoms with Gasteiger partial charge in [0.2, 0.25) is 0 Å². The molecule has 2 amide bonds. The fourth-order valence-electron chi connectivity index (χ4n) is 2.45. The molecule has 1 aromatic carbocycles. The topological polar surface area (TPSA) is 72.9 Å². The summed E-state index contributed by atoms with van der Waals surface area (Å²) < 4.78 is 0. The standard InChI is InChI=1S/C15H21N3O3/c1-11-5-3-6-12(14(19)20)13(11)16-15(21)18-8-4-7-17(2)9-10-18/h3,5-6H,4,7-10H2,1-2H3,(H,16,21)(H,19,20). The van der Waals surface area contributed by atoms with E-state index in [-0.39, 0.29) is 11.6 Å². The quantitative estimate of drug-likeness (QED) is 0.872. The van der Waals surface area contributed by atoms with Crippen LogP contribution in [0.1, 0.15) is 22.3 Å². The minimum Gasteiger partial charge on any atom is -0.478 e. The number of hydrogen-bond donors (Lipinski definition) is 2. The minimum atomic E-state index is -1.04. The zero-order chi connectivity index (χ0) is 15.4. The third kappa shape index (κ3) is 3.72. The highest BCUT2D eigenvalue weighted by Crippen LogP contribution is 2.21. The molecule has 6 heteroatoms. The molecule has 0 spiro atoms. The van der Waals surface area contributed by atoms with Gasteiger partial charge in [-0.3, -0.25) is 0 Å². The number of likely N-dealkylation sites (N-methyl/N-ethyl adjacent to an activating group) is 1.